The zero-order chi connectivity index (χ0) is 20.2. The average molecular weight is 426 g/mol. The second-order valence-electron chi connectivity index (χ2n) is 4.80. The van der Waals surface area contributed by atoms with Crippen molar-refractivity contribution in [1.82, 2.24) is 40.4 Å². The highest BCUT2D eigenvalue weighted by Crippen LogP contribution is 2.15. The van der Waals surface area contributed by atoms with Crippen molar-refractivity contribution >= 4 is 32.2 Å². The number of hydrogen-bond acceptors (Lipinski definition) is 13. The van der Waals surface area contributed by atoms with Crippen LogP contribution in [0.4, 0.5) is 0 Å². The lowest BCUT2D eigenvalue weighted by Crippen LogP contribution is -2.33. The highest BCUT2D eigenvalue weighted by molar-refractivity contribution is 7.99. The van der Waals surface area contributed by atoms with Gasteiger partial charge in [-0.2, -0.15) is 16.8 Å². The molecule has 0 bridgehead atoms. The summed E-state index contributed by atoms with van der Waals surface area (Å²) < 4.78 is 53.0. The zero-order valence-corrected chi connectivity index (χ0v) is 14.5. The Hall–Kier alpha value is -3.06. The molecule has 2 unspecified atom stereocenters. The summed E-state index contributed by atoms with van der Waals surface area (Å²) in [6.07, 6.45) is 1.61. The minimum Gasteiger partial charge on any atom is -0.480 e. The monoisotopic (exact) mass is 426 g/mol. The lowest BCUT2D eigenvalue weighted by atomic mass is 10.3. The molecule has 0 amide bonds. The Bertz CT molecular complexity index is 918. The molecule has 0 saturated carbocycles. The Morgan fingerprint density at radius 3 is 1.48 bits per heavy atom. The van der Waals surface area contributed by atoms with Gasteiger partial charge < -0.3 is 10.2 Å². The Balaban J connectivity index is 2.17. The van der Waals surface area contributed by atoms with Gasteiger partial charge in [0.1, 0.15) is 24.2 Å². The molecule has 0 aliphatic rings. The molecule has 0 aliphatic carbocycles. The van der Waals surface area contributed by atoms with E-state index in [2.05, 4.69) is 34.7 Å². The van der Waals surface area contributed by atoms with E-state index in [-0.39, 0.29) is 0 Å². The number of rotatable bonds is 10. The number of carboxylic acids is 2. The van der Waals surface area contributed by atoms with Gasteiger partial charge in [-0.1, -0.05) is 0 Å². The predicted octanol–water partition coefficient (Wildman–Crippen LogP) is -3.71. The molecule has 19 heteroatoms. The Morgan fingerprint density at radius 1 is 0.852 bits per heavy atom. The first kappa shape index (κ1) is 20.3. The fourth-order valence-electron chi connectivity index (χ4n) is 1.74. The van der Waals surface area contributed by atoms with Crippen LogP contribution in [0, 0.1) is 0 Å². The van der Waals surface area contributed by atoms with E-state index in [4.69, 9.17) is 10.2 Å². The largest absolute Gasteiger partial charge is 0.480 e. The van der Waals surface area contributed by atoms with E-state index in [0.29, 0.717) is 9.36 Å². The molecule has 0 radical (unpaired) electrons. The fraction of sp³-hybridized carbons (Fsp3) is 0.500. The summed E-state index contributed by atoms with van der Waals surface area (Å²) in [5.74, 6) is -6.03. The standard InChI is InChI=1S/C8H10N8O9S2/c17-7(18)5(15-3-9-11-13-15)1-26(21,22)25-27(23,24)2-6(8(19)20)16-4-10-12-14-16/h3-6H,1-2H2,(H,17,18)(H,19,20). The third kappa shape index (κ3) is 5.46. The lowest BCUT2D eigenvalue weighted by molar-refractivity contribution is -0.141. The molecule has 2 heterocycles. The summed E-state index contributed by atoms with van der Waals surface area (Å²) >= 11 is 0. The van der Waals surface area contributed by atoms with Gasteiger partial charge in [-0.05, 0) is 20.9 Å². The average Bonchev–Trinajstić information content (AvgIpc) is 3.22. The van der Waals surface area contributed by atoms with E-state index in [1.807, 2.05) is 0 Å². The third-order valence-corrected chi connectivity index (χ3v) is 5.98. The van der Waals surface area contributed by atoms with Gasteiger partial charge in [0.2, 0.25) is 0 Å². The van der Waals surface area contributed by atoms with Crippen LogP contribution < -0.4 is 0 Å². The Morgan fingerprint density at radius 2 is 1.22 bits per heavy atom. The van der Waals surface area contributed by atoms with Crippen molar-refractivity contribution in [2.24, 2.45) is 0 Å². The van der Waals surface area contributed by atoms with Gasteiger partial charge >= 0.3 is 11.9 Å². The summed E-state index contributed by atoms with van der Waals surface area (Å²) in [5, 5.41) is 37.2. The van der Waals surface area contributed by atoms with Crippen LogP contribution in [-0.4, -0.2) is 90.9 Å². The first-order valence-electron chi connectivity index (χ1n) is 6.58. The zero-order valence-electron chi connectivity index (χ0n) is 12.9. The Kier molecular flexibility index (Phi) is 5.75. The molecule has 148 valence electrons. The van der Waals surface area contributed by atoms with Crippen molar-refractivity contribution in [1.29, 1.82) is 0 Å². The van der Waals surface area contributed by atoms with E-state index in [1.54, 1.807) is 0 Å². The lowest BCUT2D eigenvalue weighted by Gasteiger charge is -2.14. The second-order valence-corrected chi connectivity index (χ2v) is 8.25. The van der Waals surface area contributed by atoms with Crippen LogP contribution in [0.1, 0.15) is 12.1 Å². The highest BCUT2D eigenvalue weighted by atomic mass is 32.3. The number of nitrogens with zero attached hydrogens (tertiary/aromatic N) is 8. The molecule has 0 aliphatic heterocycles. The van der Waals surface area contributed by atoms with Crippen LogP contribution >= 0.6 is 0 Å². The molecule has 2 aromatic rings. The molecule has 0 aromatic carbocycles. The number of carboxylic acid groups (broad SMARTS) is 2. The molecule has 2 N–H and O–H groups in total. The van der Waals surface area contributed by atoms with Gasteiger partial charge in [0.15, 0.2) is 12.1 Å². The molecule has 2 atom stereocenters. The van der Waals surface area contributed by atoms with Gasteiger partial charge in [-0.3, -0.25) is 0 Å². The normalized spacial score (nSPS) is 14.5. The molecular weight excluding hydrogens is 416 g/mol. The minimum atomic E-state index is -4.99. The summed E-state index contributed by atoms with van der Waals surface area (Å²) in [4.78, 5) is 22.3. The third-order valence-electron chi connectivity index (χ3n) is 2.87. The van der Waals surface area contributed by atoms with Crippen molar-refractivity contribution in [2.75, 3.05) is 11.5 Å². The van der Waals surface area contributed by atoms with Gasteiger partial charge in [-0.25, -0.2) is 19.0 Å². The molecule has 0 saturated heterocycles. The van der Waals surface area contributed by atoms with Crippen molar-refractivity contribution in [3.05, 3.63) is 12.7 Å². The van der Waals surface area contributed by atoms with Crippen LogP contribution in [0.15, 0.2) is 12.7 Å². The highest BCUT2D eigenvalue weighted by Gasteiger charge is 2.35. The maximum Gasteiger partial charge on any atom is 0.329 e. The topological polar surface area (TPSA) is 239 Å². The quantitative estimate of drug-likeness (QED) is 0.371. The number of tetrazole rings is 2. The smallest absolute Gasteiger partial charge is 0.329 e. The molecular formula is C8H10N8O9S2. The fourth-order valence-corrected chi connectivity index (χ4v) is 4.82. The number of aromatic nitrogens is 8. The van der Waals surface area contributed by atoms with Gasteiger partial charge in [0.05, 0.1) is 0 Å². The SMILES string of the molecule is O=C(O)C(CS(=O)(=O)OS(=O)(=O)CC(C(=O)O)n1cnnn1)n1cnnn1. The first-order chi connectivity index (χ1) is 12.5. The van der Waals surface area contributed by atoms with Crippen molar-refractivity contribution < 1.29 is 40.3 Å². The van der Waals surface area contributed by atoms with Crippen LogP contribution in [0.25, 0.3) is 0 Å². The maximum atomic E-state index is 12.0. The molecule has 27 heavy (non-hydrogen) atoms. The number of aliphatic carboxylic acids is 2. The van der Waals surface area contributed by atoms with E-state index in [0.717, 1.165) is 12.7 Å². The van der Waals surface area contributed by atoms with Crippen LogP contribution in [0.3, 0.4) is 0 Å². The number of hydrogen-bond donors (Lipinski definition) is 2. The van der Waals surface area contributed by atoms with Crippen molar-refractivity contribution in [3.8, 4) is 0 Å². The molecule has 2 rings (SSSR count). The van der Waals surface area contributed by atoms with Gasteiger partial charge in [-0.15, -0.1) is 13.8 Å². The summed E-state index contributed by atoms with van der Waals surface area (Å²) in [6.45, 7) is 0. The molecule has 0 spiro atoms. The van der Waals surface area contributed by atoms with E-state index in [9.17, 15) is 26.4 Å². The molecule has 0 fully saturated rings. The van der Waals surface area contributed by atoms with E-state index in [1.165, 1.54) is 0 Å². The summed E-state index contributed by atoms with van der Waals surface area (Å²) in [7, 11) is -9.98. The van der Waals surface area contributed by atoms with Crippen LogP contribution in [0.2, 0.25) is 0 Å². The Labute approximate surface area is 149 Å². The maximum absolute atomic E-state index is 12.0. The first-order valence-corrected chi connectivity index (χ1v) is 9.73. The number of carbonyl (C=O) groups is 2. The van der Waals surface area contributed by atoms with Crippen molar-refractivity contribution in [2.45, 2.75) is 12.1 Å². The summed E-state index contributed by atoms with van der Waals surface area (Å²) in [5.41, 5.74) is 0. The van der Waals surface area contributed by atoms with Crippen LogP contribution in [0.5, 0.6) is 0 Å². The second kappa shape index (κ2) is 7.67. The predicted molar refractivity (Wildman–Crippen MR) is 77.6 cm³/mol. The minimum absolute atomic E-state index is 0.566. The van der Waals surface area contributed by atoms with Gasteiger partial charge in [0.25, 0.3) is 20.2 Å². The van der Waals surface area contributed by atoms with E-state index < -0.39 is 55.8 Å². The summed E-state index contributed by atoms with van der Waals surface area (Å²) in [6, 6.07) is -3.76. The van der Waals surface area contributed by atoms with Crippen LogP contribution in [-0.2, 0) is 33.5 Å². The van der Waals surface area contributed by atoms with Gasteiger partial charge in [0, 0.05) is 0 Å². The van der Waals surface area contributed by atoms with E-state index >= 15 is 0 Å². The van der Waals surface area contributed by atoms with Crippen molar-refractivity contribution in [3.63, 3.8) is 0 Å². The molecule has 2 aromatic heterocycles. The molecule has 17 nitrogen and oxygen atoms in total.